The van der Waals surface area contributed by atoms with Crippen LogP contribution < -0.4 is 20.3 Å². The summed E-state index contributed by atoms with van der Waals surface area (Å²) in [6.07, 6.45) is 3.60. The van der Waals surface area contributed by atoms with Gasteiger partial charge in [0.2, 0.25) is 5.91 Å². The minimum atomic E-state index is -1.14. The van der Waals surface area contributed by atoms with E-state index < -0.39 is 30.6 Å². The molecular formula is C40H47N5O7. The van der Waals surface area contributed by atoms with Gasteiger partial charge in [0.05, 0.1) is 38.0 Å². The second-order valence-corrected chi connectivity index (χ2v) is 13.9. The number of hydrogen-bond acceptors (Lipinski definition) is 7. The molecule has 274 valence electrons. The highest BCUT2D eigenvalue weighted by molar-refractivity contribution is 5.97. The van der Waals surface area contributed by atoms with Gasteiger partial charge in [-0.05, 0) is 103 Å². The number of amides is 3. The number of aromatic nitrogens is 2. The lowest BCUT2D eigenvalue weighted by atomic mass is 9.92. The summed E-state index contributed by atoms with van der Waals surface area (Å²) in [5, 5.41) is 38.6. The van der Waals surface area contributed by atoms with Gasteiger partial charge in [-0.2, -0.15) is 5.10 Å². The fraction of sp³-hybridized carbons (Fsp3) is 0.400. The van der Waals surface area contributed by atoms with Gasteiger partial charge in [-0.25, -0.2) is 4.79 Å². The number of anilines is 2. The molecule has 4 atom stereocenters. The second-order valence-electron chi connectivity index (χ2n) is 13.9. The van der Waals surface area contributed by atoms with E-state index in [-0.39, 0.29) is 25.3 Å². The predicted molar refractivity (Wildman–Crippen MR) is 198 cm³/mol. The molecule has 5 N–H and O–H groups in total. The van der Waals surface area contributed by atoms with Crippen LogP contribution in [0.25, 0.3) is 11.1 Å². The molecule has 1 aromatic heterocycles. The quantitative estimate of drug-likeness (QED) is 0.0935. The van der Waals surface area contributed by atoms with Gasteiger partial charge in [0.15, 0.2) is 0 Å². The van der Waals surface area contributed by atoms with E-state index in [1.807, 2.05) is 58.4 Å². The molecule has 1 aliphatic heterocycles. The maximum absolute atomic E-state index is 13.5. The molecule has 0 bridgehead atoms. The molecule has 1 aliphatic carbocycles. The summed E-state index contributed by atoms with van der Waals surface area (Å²) >= 11 is 0. The lowest BCUT2D eigenvalue weighted by Gasteiger charge is -2.30. The number of rotatable bonds is 16. The SMILES string of the molecule is Cc1cccc(OCCCC(=O)N2C[C@@H]3C[C@@H]3c3c(-c4cnn(Cc5cccc(NC(=O)NCC[C@@H](O)C[C@@H](O)CC(=O)O)c5)c4)cccc32)c1C. The Bertz CT molecular complexity index is 1910. The third-order valence-corrected chi connectivity index (χ3v) is 9.92. The molecule has 3 amide bonds. The summed E-state index contributed by atoms with van der Waals surface area (Å²) in [5.41, 5.74) is 8.15. The molecule has 6 rings (SSSR count). The van der Waals surface area contributed by atoms with Crippen LogP contribution in [0.5, 0.6) is 5.75 Å². The fourth-order valence-electron chi connectivity index (χ4n) is 6.99. The molecule has 0 saturated heterocycles. The monoisotopic (exact) mass is 709 g/mol. The van der Waals surface area contributed by atoms with Crippen molar-refractivity contribution in [2.45, 2.75) is 77.0 Å². The predicted octanol–water partition coefficient (Wildman–Crippen LogP) is 5.62. The van der Waals surface area contributed by atoms with E-state index in [0.29, 0.717) is 43.5 Å². The zero-order valence-electron chi connectivity index (χ0n) is 29.6. The summed E-state index contributed by atoms with van der Waals surface area (Å²) in [5.74, 6) is 0.758. The summed E-state index contributed by atoms with van der Waals surface area (Å²) in [4.78, 5) is 38.7. The van der Waals surface area contributed by atoms with E-state index in [1.54, 1.807) is 6.07 Å². The molecule has 2 aliphatic rings. The van der Waals surface area contributed by atoms with E-state index in [0.717, 1.165) is 46.7 Å². The van der Waals surface area contributed by atoms with E-state index in [2.05, 4.69) is 47.8 Å². The topological polar surface area (TPSA) is 166 Å². The van der Waals surface area contributed by atoms with Crippen molar-refractivity contribution in [1.29, 1.82) is 0 Å². The zero-order valence-corrected chi connectivity index (χ0v) is 29.6. The first-order valence-corrected chi connectivity index (χ1v) is 17.9. The molecule has 2 heterocycles. The van der Waals surface area contributed by atoms with Crippen LogP contribution >= 0.6 is 0 Å². The average molecular weight is 710 g/mol. The Morgan fingerprint density at radius 2 is 1.85 bits per heavy atom. The number of aliphatic carboxylic acids is 1. The Kier molecular flexibility index (Phi) is 11.6. The zero-order chi connectivity index (χ0) is 36.8. The molecule has 3 aromatic carbocycles. The number of fused-ring (bicyclic) bond motifs is 3. The van der Waals surface area contributed by atoms with E-state index in [4.69, 9.17) is 9.84 Å². The Hall–Kier alpha value is -5.20. The van der Waals surface area contributed by atoms with Gasteiger partial charge in [0.25, 0.3) is 0 Å². The standard InChI is InChI=1S/C40H47N5O7/c1-25-7-3-12-36(26(25)2)52-16-6-13-37(48)45-24-28-18-34(28)39-33(10-5-11-35(39)45)29-21-42-44(23-29)22-27-8-4-9-30(17-27)43-40(51)41-15-14-31(46)19-32(47)20-38(49)50/h3-5,7-12,17,21,23,28,31-32,34,46-47H,6,13-16,18-20,22,24H2,1-2H3,(H,49,50)(H2,41,43,51)/t28-,31+,32+,34-/m0/s1. The Labute approximate surface area is 303 Å². The lowest BCUT2D eigenvalue weighted by Crippen LogP contribution is -2.36. The number of carboxylic acid groups (broad SMARTS) is 1. The average Bonchev–Trinajstić information content (AvgIpc) is 3.75. The van der Waals surface area contributed by atoms with Gasteiger partial charge in [0.1, 0.15) is 5.75 Å². The van der Waals surface area contributed by atoms with Gasteiger partial charge < -0.3 is 35.6 Å². The number of carboxylic acids is 1. The molecule has 0 radical (unpaired) electrons. The van der Waals surface area contributed by atoms with Crippen LogP contribution in [0.4, 0.5) is 16.2 Å². The number of carbonyl (C=O) groups is 3. The van der Waals surface area contributed by atoms with E-state index in [1.165, 1.54) is 11.1 Å². The maximum atomic E-state index is 13.5. The molecule has 0 spiro atoms. The highest BCUT2D eigenvalue weighted by Gasteiger charge is 2.47. The molecule has 1 saturated carbocycles. The molecule has 4 aromatic rings. The maximum Gasteiger partial charge on any atom is 0.319 e. The van der Waals surface area contributed by atoms with Crippen LogP contribution in [0.2, 0.25) is 0 Å². The Balaban J connectivity index is 1.03. The minimum absolute atomic E-state index is 0.0789. The van der Waals surface area contributed by atoms with Crippen molar-refractivity contribution in [3.63, 3.8) is 0 Å². The molecule has 1 fully saturated rings. The Morgan fingerprint density at radius 3 is 2.67 bits per heavy atom. The van der Waals surface area contributed by atoms with Crippen LogP contribution in [0.3, 0.4) is 0 Å². The molecule has 52 heavy (non-hydrogen) atoms. The van der Waals surface area contributed by atoms with Crippen molar-refractivity contribution < 1.29 is 34.4 Å². The summed E-state index contributed by atoms with van der Waals surface area (Å²) in [7, 11) is 0. The van der Waals surface area contributed by atoms with E-state index in [9.17, 15) is 24.6 Å². The number of aliphatic hydroxyl groups excluding tert-OH is 2. The van der Waals surface area contributed by atoms with Crippen molar-refractivity contribution in [2.24, 2.45) is 5.92 Å². The van der Waals surface area contributed by atoms with Gasteiger partial charge in [-0.1, -0.05) is 36.4 Å². The smallest absolute Gasteiger partial charge is 0.319 e. The first kappa shape index (κ1) is 36.6. The number of aliphatic hydroxyl groups is 2. The van der Waals surface area contributed by atoms with Crippen LogP contribution in [0.1, 0.15) is 66.7 Å². The van der Waals surface area contributed by atoms with Gasteiger partial charge in [-0.15, -0.1) is 0 Å². The number of nitrogens with zero attached hydrogens (tertiary/aromatic N) is 3. The third kappa shape index (κ3) is 9.17. The summed E-state index contributed by atoms with van der Waals surface area (Å²) in [6.45, 7) is 6.00. The number of ether oxygens (including phenoxy) is 1. The summed E-state index contributed by atoms with van der Waals surface area (Å²) in [6, 6.07) is 19.2. The fourth-order valence-corrected chi connectivity index (χ4v) is 6.99. The van der Waals surface area contributed by atoms with Gasteiger partial charge >= 0.3 is 12.0 Å². The van der Waals surface area contributed by atoms with Crippen molar-refractivity contribution in [1.82, 2.24) is 15.1 Å². The van der Waals surface area contributed by atoms with Crippen LogP contribution in [0.15, 0.2) is 73.1 Å². The number of urea groups is 1. The minimum Gasteiger partial charge on any atom is -0.493 e. The number of benzene rings is 3. The molecular weight excluding hydrogens is 662 g/mol. The largest absolute Gasteiger partial charge is 0.493 e. The highest BCUT2D eigenvalue weighted by Crippen LogP contribution is 2.57. The molecule has 12 nitrogen and oxygen atoms in total. The van der Waals surface area contributed by atoms with Crippen molar-refractivity contribution in [3.8, 4) is 16.9 Å². The first-order valence-electron chi connectivity index (χ1n) is 17.9. The number of nitrogens with one attached hydrogen (secondary N) is 2. The highest BCUT2D eigenvalue weighted by atomic mass is 16.5. The van der Waals surface area contributed by atoms with Gasteiger partial charge in [0, 0.05) is 42.6 Å². The normalized spacial score (nSPS) is 17.0. The third-order valence-electron chi connectivity index (χ3n) is 9.92. The Morgan fingerprint density at radius 1 is 1.04 bits per heavy atom. The van der Waals surface area contributed by atoms with Crippen LogP contribution in [0, 0.1) is 19.8 Å². The van der Waals surface area contributed by atoms with Crippen LogP contribution in [-0.4, -0.2) is 74.9 Å². The first-order chi connectivity index (χ1) is 25.0. The number of hydrogen-bond donors (Lipinski definition) is 5. The van der Waals surface area contributed by atoms with Crippen molar-refractivity contribution in [3.05, 3.63) is 95.3 Å². The molecule has 12 heteroatoms. The summed E-state index contributed by atoms with van der Waals surface area (Å²) < 4.78 is 7.87. The number of aryl methyl sites for hydroxylation is 1. The molecule has 0 unspecified atom stereocenters. The lowest BCUT2D eigenvalue weighted by molar-refractivity contribution is -0.139. The van der Waals surface area contributed by atoms with Gasteiger partial charge in [-0.3, -0.25) is 14.3 Å². The van der Waals surface area contributed by atoms with Crippen molar-refractivity contribution >= 4 is 29.3 Å². The van der Waals surface area contributed by atoms with Crippen molar-refractivity contribution in [2.75, 3.05) is 29.9 Å². The second kappa shape index (κ2) is 16.4. The van der Waals surface area contributed by atoms with E-state index >= 15 is 0 Å². The van der Waals surface area contributed by atoms with Crippen LogP contribution in [-0.2, 0) is 16.1 Å². The number of carbonyl (C=O) groups excluding carboxylic acids is 2.